The minimum atomic E-state index is -2.86. The minimum absolute atomic E-state index is 0.608. The number of para-hydroxylation sites is 5. The lowest BCUT2D eigenvalue weighted by Gasteiger charge is -2.27. The van der Waals surface area contributed by atoms with Gasteiger partial charge in [-0.05, 0) is 128 Å². The van der Waals surface area contributed by atoms with Crippen LogP contribution in [0.1, 0.15) is 0 Å². The third kappa shape index (κ3) is 11.3. The van der Waals surface area contributed by atoms with Gasteiger partial charge in [0.25, 0.3) is 0 Å². The Balaban J connectivity index is 0.000000163. The van der Waals surface area contributed by atoms with E-state index in [0.717, 1.165) is 66.8 Å². The Hall–Kier alpha value is -10.2. The summed E-state index contributed by atoms with van der Waals surface area (Å²) in [6, 6.07) is 98.3. The lowest BCUT2D eigenvalue weighted by atomic mass is 10.0. The third-order valence-electron chi connectivity index (χ3n) is 14.1. The van der Waals surface area contributed by atoms with E-state index >= 15 is 0 Å². The number of hydrogen-bond donors (Lipinski definition) is 1. The molecule has 0 radical (unpaired) electrons. The lowest BCUT2D eigenvalue weighted by Crippen LogP contribution is -2.37. The SMILES string of the molecule is [2H]N=P.c1ccc(N(c2ccc(-c3ccc(N(c4ccccc4)c4cccc5ccccc45)cc3)cc2)c2cccc3ccccc23)cc1.c1cnc2c([O][Al]([O]c3cccc4cccnc34)[O]c3cccc4cccnc34)cccc2c1. The van der Waals surface area contributed by atoms with Crippen LogP contribution in [0.3, 0.4) is 0 Å². The second kappa shape index (κ2) is 24.9. The van der Waals surface area contributed by atoms with Crippen LogP contribution in [0.25, 0.3) is 65.4 Å². The number of hydrogen-bond acceptors (Lipinski definition) is 9. The van der Waals surface area contributed by atoms with E-state index in [2.05, 4.69) is 233 Å². The zero-order valence-electron chi connectivity index (χ0n) is 45.4. The van der Waals surface area contributed by atoms with Gasteiger partial charge in [-0.2, -0.15) is 0 Å². The topological polar surface area (TPSA) is 96.7 Å². The summed E-state index contributed by atoms with van der Waals surface area (Å²) in [6.07, 6.45) is 5.24. The van der Waals surface area contributed by atoms with E-state index in [9.17, 15) is 0 Å². The quantitative estimate of drug-likeness (QED) is 0.0901. The molecule has 0 amide bonds. The maximum atomic E-state index is 6.41. The molecule has 0 saturated carbocycles. The number of aromatic nitrogens is 3. The van der Waals surface area contributed by atoms with Crippen LogP contribution >= 0.6 is 9.03 Å². The van der Waals surface area contributed by atoms with E-state index < -0.39 is 15.1 Å². The molecule has 3 aromatic heterocycles. The smallest absolute Gasteiger partial charge is 0.576 e. The Morgan fingerprint density at radius 1 is 0.317 bits per heavy atom. The summed E-state index contributed by atoms with van der Waals surface area (Å²) in [4.78, 5) is 18.2. The Morgan fingerprint density at radius 3 is 0.988 bits per heavy atom. The molecule has 1 N–H and O–H groups in total. The average Bonchev–Trinajstić information content (AvgIpc) is 3.70. The van der Waals surface area contributed by atoms with Gasteiger partial charge in [0.1, 0.15) is 33.8 Å². The molecule has 0 aliphatic carbocycles. The Bertz CT molecular complexity index is 4130. The molecule has 0 spiro atoms. The largest absolute Gasteiger partial charge is 1.20 e. The molecule has 0 atom stereocenters. The van der Waals surface area contributed by atoms with Gasteiger partial charge in [0.2, 0.25) is 0 Å². The molecule has 0 unspecified atom stereocenters. The van der Waals surface area contributed by atoms with Crippen molar-refractivity contribution < 1.29 is 12.8 Å². The van der Waals surface area contributed by atoms with Gasteiger partial charge in [-0.15, -0.1) is 0 Å². The molecular formula is C71H52AlN6O3P. The normalized spacial score (nSPS) is 10.9. The molecule has 14 aromatic rings. The van der Waals surface area contributed by atoms with Crippen LogP contribution in [0.4, 0.5) is 34.1 Å². The summed E-state index contributed by atoms with van der Waals surface area (Å²) < 4.78 is 25.0. The molecule has 0 aliphatic rings. The first-order valence-corrected chi connectivity index (χ1v) is 28.6. The van der Waals surface area contributed by atoms with Crippen LogP contribution in [0.2, 0.25) is 1.41 Å². The summed E-state index contributed by atoms with van der Waals surface area (Å²) in [6.45, 7) is 0. The first kappa shape index (κ1) is 51.3. The number of fused-ring (bicyclic) bond motifs is 5. The summed E-state index contributed by atoms with van der Waals surface area (Å²) in [5.41, 5.74) is 11.4. The Morgan fingerprint density at radius 2 is 0.610 bits per heavy atom. The van der Waals surface area contributed by atoms with Crippen molar-refractivity contribution in [2.75, 3.05) is 9.80 Å². The number of nitrogens with zero attached hydrogens (tertiary/aromatic N) is 5. The van der Waals surface area contributed by atoms with Gasteiger partial charge in [-0.25, -0.2) is 0 Å². The van der Waals surface area contributed by atoms with Crippen LogP contribution < -0.4 is 21.2 Å². The summed E-state index contributed by atoms with van der Waals surface area (Å²) in [5.74, 6) is 1.82. The molecule has 0 aliphatic heterocycles. The second-order valence-electron chi connectivity index (χ2n) is 19.1. The van der Waals surface area contributed by atoms with Crippen LogP contribution in [0, 0.1) is 5.15 Å². The second-order valence-corrected chi connectivity index (χ2v) is 20.4. The number of anilines is 6. The van der Waals surface area contributed by atoms with Crippen molar-refractivity contribution in [2.45, 2.75) is 0 Å². The fourth-order valence-electron chi connectivity index (χ4n) is 10.3. The number of pyridine rings is 3. The molecular weight excluding hydrogens is 1040 g/mol. The Labute approximate surface area is 484 Å². The molecule has 3 heterocycles. The van der Waals surface area contributed by atoms with Crippen molar-refractivity contribution >= 4 is 113 Å². The molecule has 11 aromatic carbocycles. The van der Waals surface area contributed by atoms with E-state index in [0.29, 0.717) is 17.2 Å². The molecule has 14 rings (SSSR count). The van der Waals surface area contributed by atoms with Crippen molar-refractivity contribution in [1.82, 2.24) is 15.0 Å². The van der Waals surface area contributed by atoms with Crippen LogP contribution in [-0.2, 0) is 0 Å². The van der Waals surface area contributed by atoms with E-state index in [4.69, 9.17) is 12.8 Å². The van der Waals surface area contributed by atoms with Crippen LogP contribution in [0.15, 0.2) is 304 Å². The molecule has 0 bridgehead atoms. The van der Waals surface area contributed by atoms with Crippen LogP contribution in [-0.4, -0.2) is 30.1 Å². The third-order valence-corrected chi connectivity index (χ3v) is 15.4. The van der Waals surface area contributed by atoms with Crippen molar-refractivity contribution in [2.24, 2.45) is 0 Å². The zero-order chi connectivity index (χ0) is 56.2. The van der Waals surface area contributed by atoms with Gasteiger partial charge in [0, 0.05) is 68.3 Å². The van der Waals surface area contributed by atoms with E-state index in [-0.39, 0.29) is 0 Å². The predicted octanol–water partition coefficient (Wildman–Crippen LogP) is 19.3. The minimum Gasteiger partial charge on any atom is -0.576 e. The molecule has 11 heteroatoms. The van der Waals surface area contributed by atoms with Gasteiger partial charge in [0.15, 0.2) is 1.41 Å². The first-order chi connectivity index (χ1) is 41.1. The maximum Gasteiger partial charge on any atom is 1.20 e. The molecule has 392 valence electrons. The van der Waals surface area contributed by atoms with Gasteiger partial charge < -0.3 is 21.2 Å². The number of benzene rings is 11. The first-order valence-electron chi connectivity index (χ1n) is 27.2. The summed E-state index contributed by atoms with van der Waals surface area (Å²) in [5, 5.41) is 10.4. The molecule has 82 heavy (non-hydrogen) atoms. The van der Waals surface area contributed by atoms with E-state index in [1.54, 1.807) is 18.6 Å². The molecule has 0 saturated heterocycles. The van der Waals surface area contributed by atoms with E-state index in [1.165, 1.54) is 32.7 Å². The fraction of sp³-hybridized carbons (Fsp3) is 0. The highest BCUT2D eigenvalue weighted by atomic mass is 31.0. The molecule has 0 fully saturated rings. The van der Waals surface area contributed by atoms with Crippen LogP contribution in [0.5, 0.6) is 17.2 Å². The number of nitrogens with one attached hydrogen (secondary N) is 1. The van der Waals surface area contributed by atoms with Gasteiger partial charge in [-0.1, -0.05) is 188 Å². The monoisotopic (exact) mass is 1100 g/mol. The summed E-state index contributed by atoms with van der Waals surface area (Å²) in [7, 11) is 2.48. The van der Waals surface area contributed by atoms with Crippen molar-refractivity contribution in [3.63, 3.8) is 0 Å². The zero-order valence-corrected chi connectivity index (χ0v) is 46.5. The van der Waals surface area contributed by atoms with Gasteiger partial charge in [0.05, 0.1) is 11.4 Å². The van der Waals surface area contributed by atoms with Gasteiger partial charge >= 0.3 is 15.1 Å². The maximum absolute atomic E-state index is 6.41. The van der Waals surface area contributed by atoms with E-state index in [1.807, 2.05) is 91.0 Å². The lowest BCUT2D eigenvalue weighted by molar-refractivity contribution is 0.311. The fourth-order valence-corrected chi connectivity index (χ4v) is 11.7. The Kier molecular flexibility index (Phi) is 15.5. The van der Waals surface area contributed by atoms with Crippen molar-refractivity contribution in [3.8, 4) is 28.4 Å². The highest BCUT2D eigenvalue weighted by molar-refractivity contribution is 7.02. The summed E-state index contributed by atoms with van der Waals surface area (Å²) >= 11 is -2.86. The predicted molar refractivity (Wildman–Crippen MR) is 340 cm³/mol. The van der Waals surface area contributed by atoms with Crippen molar-refractivity contribution in [1.29, 1.82) is 5.15 Å². The van der Waals surface area contributed by atoms with Gasteiger partial charge in [-0.3, -0.25) is 20.1 Å². The highest BCUT2D eigenvalue weighted by Crippen LogP contribution is 2.42. The average molecular weight is 1100 g/mol. The van der Waals surface area contributed by atoms with Crippen molar-refractivity contribution in [3.05, 3.63) is 304 Å². The standard InChI is InChI=1S/C44H32N2.3C9H7NO.Al.H2NP/c1-3-17-37(18-4-1)45(43-23-11-15-35-13-7-9-21-41(35)43)39-29-25-33(26-30-39)34-27-31-40(32-28-34)46(38-19-5-2-6-20-38)44-24-12-16-36-14-8-10-22-42(36)44;3*11-8-5-1-3-7-4-2-6-10-9(7)8;;1-2/h1-32H;3*1-6,11H;;1-2H/q;;;;+3;/p-3/i/hD. The molecule has 9 nitrogen and oxygen atoms in total. The number of rotatable bonds is 13. The highest BCUT2D eigenvalue weighted by Gasteiger charge is 2.46.